The van der Waals surface area contributed by atoms with E-state index in [2.05, 4.69) is 10.9 Å². The highest BCUT2D eigenvalue weighted by Gasteiger charge is 1.94. The molecule has 0 bridgehead atoms. The van der Waals surface area contributed by atoms with Crippen LogP contribution >= 0.6 is 0 Å². The summed E-state index contributed by atoms with van der Waals surface area (Å²) in [6, 6.07) is 0. The first-order valence-electron chi connectivity index (χ1n) is 2.97. The molecule has 0 unspecified atom stereocenters. The Morgan fingerprint density at radius 2 is 2.08 bits per heavy atom. The molecule has 5 heteroatoms. The highest BCUT2D eigenvalue weighted by molar-refractivity contribution is 6.38. The zero-order chi connectivity index (χ0) is 9.56. The molecule has 5 nitrogen and oxygen atoms in total. The first-order valence-corrected chi connectivity index (χ1v) is 2.97. The fourth-order valence-corrected chi connectivity index (χ4v) is 0.332. The monoisotopic (exact) mass is 163 g/mol. The molecule has 0 aliphatic carbocycles. The normalized spacial score (nSPS) is 11.1. The molecule has 0 spiro atoms. The Balaban J connectivity index is 4.37. The Labute approximate surface area is 70.2 Å². The molecule has 0 aliphatic rings. The van der Waals surface area contributed by atoms with Crippen molar-refractivity contribution in [1.82, 2.24) is 0 Å². The predicted octanol–water partition coefficient (Wildman–Crippen LogP) is -0.554. The quantitative estimate of drug-likeness (QED) is 0.236. The molecule has 0 aromatic rings. The number of terminal acetylenes is 1. The lowest BCUT2D eigenvalue weighted by atomic mass is 10.3. The van der Waals surface area contributed by atoms with E-state index >= 15 is 0 Å². The number of allylic oxidation sites excluding steroid dienone is 1. The smallest absolute Gasteiger partial charge is 0.187 e. The second-order valence-corrected chi connectivity index (χ2v) is 1.79. The molecule has 0 atom stereocenters. The molecule has 0 amide bonds. The minimum atomic E-state index is -0.417. The van der Waals surface area contributed by atoms with Crippen molar-refractivity contribution in [3.63, 3.8) is 0 Å². The standard InChI is InChI=1S/C7H9N5/c1-2-5(3-8)4-12-7(11)6(9)10/h1,3-4,11H,8H2,(H3,9,10). The van der Waals surface area contributed by atoms with Crippen LogP contribution in [0, 0.1) is 23.2 Å². The average Bonchev–Trinajstić information content (AvgIpc) is 2.05. The third-order valence-electron chi connectivity index (χ3n) is 0.934. The van der Waals surface area contributed by atoms with E-state index < -0.39 is 5.84 Å². The van der Waals surface area contributed by atoms with Gasteiger partial charge in [0.2, 0.25) is 0 Å². The fourth-order valence-electron chi connectivity index (χ4n) is 0.332. The number of aliphatic imine (C=N–C) groups is 1. The molecule has 6 N–H and O–H groups in total. The Morgan fingerprint density at radius 3 is 2.42 bits per heavy atom. The summed E-state index contributed by atoms with van der Waals surface area (Å²) in [6.07, 6.45) is 7.38. The van der Waals surface area contributed by atoms with E-state index in [0.29, 0.717) is 5.57 Å². The zero-order valence-corrected chi connectivity index (χ0v) is 6.33. The third kappa shape index (κ3) is 3.17. The van der Waals surface area contributed by atoms with Crippen LogP contribution in [0.3, 0.4) is 0 Å². The summed E-state index contributed by atoms with van der Waals surface area (Å²) in [4.78, 5) is 3.48. The Bertz CT molecular complexity index is 291. The molecule has 62 valence electrons. The van der Waals surface area contributed by atoms with Crippen molar-refractivity contribution in [3.8, 4) is 12.3 Å². The van der Waals surface area contributed by atoms with Crippen molar-refractivity contribution >= 4 is 17.9 Å². The van der Waals surface area contributed by atoms with Crippen molar-refractivity contribution in [2.75, 3.05) is 0 Å². The van der Waals surface area contributed by atoms with Crippen molar-refractivity contribution in [1.29, 1.82) is 10.8 Å². The van der Waals surface area contributed by atoms with Gasteiger partial charge in [0.15, 0.2) is 11.7 Å². The second-order valence-electron chi connectivity index (χ2n) is 1.79. The molecule has 12 heavy (non-hydrogen) atoms. The molecule has 0 fully saturated rings. The molecule has 0 rings (SSSR count). The van der Waals surface area contributed by atoms with E-state index in [1.165, 1.54) is 12.4 Å². The van der Waals surface area contributed by atoms with Crippen molar-refractivity contribution in [2.45, 2.75) is 0 Å². The van der Waals surface area contributed by atoms with Gasteiger partial charge in [-0.1, -0.05) is 5.92 Å². The largest absolute Gasteiger partial charge is 0.404 e. The Kier molecular flexibility index (Phi) is 3.87. The lowest BCUT2D eigenvalue weighted by Gasteiger charge is -1.91. The summed E-state index contributed by atoms with van der Waals surface area (Å²) in [6.45, 7) is 0. The van der Waals surface area contributed by atoms with Gasteiger partial charge in [0.25, 0.3) is 0 Å². The topological polar surface area (TPSA) is 112 Å². The first-order chi connectivity index (χ1) is 5.61. The van der Waals surface area contributed by atoms with E-state index in [4.69, 9.17) is 28.7 Å². The van der Waals surface area contributed by atoms with Gasteiger partial charge in [-0.3, -0.25) is 10.8 Å². The number of nitrogens with one attached hydrogen (secondary N) is 2. The summed E-state index contributed by atoms with van der Waals surface area (Å²) in [5.74, 6) is 1.46. The highest BCUT2D eigenvalue weighted by Crippen LogP contribution is 1.83. The van der Waals surface area contributed by atoms with Crippen LogP contribution in [-0.4, -0.2) is 17.9 Å². The second kappa shape index (κ2) is 4.68. The lowest BCUT2D eigenvalue weighted by Crippen LogP contribution is -2.19. The predicted molar refractivity (Wildman–Crippen MR) is 49.2 cm³/mol. The maximum absolute atomic E-state index is 7.00. The van der Waals surface area contributed by atoms with Gasteiger partial charge in [-0.15, -0.1) is 6.42 Å². The van der Waals surface area contributed by atoms with Crippen molar-refractivity contribution in [3.05, 3.63) is 11.8 Å². The number of rotatable bonds is 1. The van der Waals surface area contributed by atoms with Crippen LogP contribution in [0.15, 0.2) is 16.8 Å². The molecule has 0 aliphatic heterocycles. The first kappa shape index (κ1) is 9.91. The van der Waals surface area contributed by atoms with E-state index in [1.54, 1.807) is 0 Å². The van der Waals surface area contributed by atoms with E-state index in [1.807, 2.05) is 0 Å². The summed E-state index contributed by atoms with van der Waals surface area (Å²) in [5.41, 5.74) is 10.4. The Hall–Kier alpha value is -2.09. The van der Waals surface area contributed by atoms with Gasteiger partial charge in [0.05, 0.1) is 5.57 Å². The number of nitrogens with two attached hydrogens (primary N) is 2. The summed E-state index contributed by atoms with van der Waals surface area (Å²) in [5, 5.41) is 13.8. The zero-order valence-electron chi connectivity index (χ0n) is 6.33. The minimum Gasteiger partial charge on any atom is -0.404 e. The average molecular weight is 163 g/mol. The van der Waals surface area contributed by atoms with Gasteiger partial charge in [0, 0.05) is 12.4 Å². The molecule has 0 aromatic heterocycles. The van der Waals surface area contributed by atoms with E-state index in [0.717, 1.165) is 0 Å². The molecule has 0 saturated heterocycles. The van der Waals surface area contributed by atoms with Crippen LogP contribution in [0.25, 0.3) is 0 Å². The van der Waals surface area contributed by atoms with Crippen LogP contribution < -0.4 is 11.5 Å². The molecular weight excluding hydrogens is 154 g/mol. The van der Waals surface area contributed by atoms with Gasteiger partial charge < -0.3 is 11.5 Å². The van der Waals surface area contributed by atoms with Gasteiger partial charge in [0.1, 0.15) is 0 Å². The van der Waals surface area contributed by atoms with Crippen molar-refractivity contribution < 1.29 is 0 Å². The maximum atomic E-state index is 7.00. The molecular formula is C7H9N5. The molecule has 0 aromatic carbocycles. The van der Waals surface area contributed by atoms with E-state index in [-0.39, 0.29) is 5.84 Å². The van der Waals surface area contributed by atoms with Crippen LogP contribution in [-0.2, 0) is 0 Å². The SMILES string of the molecule is C#CC(C=NC(=N)C(=N)N)=CN. The number of hydrogen-bond acceptors (Lipinski definition) is 3. The van der Waals surface area contributed by atoms with E-state index in [9.17, 15) is 0 Å². The third-order valence-corrected chi connectivity index (χ3v) is 0.934. The van der Waals surface area contributed by atoms with Gasteiger partial charge in [-0.25, -0.2) is 4.99 Å². The summed E-state index contributed by atoms with van der Waals surface area (Å²) >= 11 is 0. The van der Waals surface area contributed by atoms with Crippen LogP contribution in [0.4, 0.5) is 0 Å². The van der Waals surface area contributed by atoms with Crippen molar-refractivity contribution in [2.24, 2.45) is 16.5 Å². The number of amidine groups is 2. The van der Waals surface area contributed by atoms with Gasteiger partial charge in [-0.2, -0.15) is 0 Å². The number of hydrogen-bond donors (Lipinski definition) is 4. The Morgan fingerprint density at radius 1 is 1.50 bits per heavy atom. The minimum absolute atomic E-state index is 0.334. The molecule has 0 heterocycles. The van der Waals surface area contributed by atoms with Gasteiger partial charge in [-0.05, 0) is 0 Å². The number of nitrogens with zero attached hydrogens (tertiary/aromatic N) is 1. The van der Waals surface area contributed by atoms with Gasteiger partial charge >= 0.3 is 0 Å². The fraction of sp³-hybridized carbons (Fsp3) is 0. The maximum Gasteiger partial charge on any atom is 0.187 e. The summed E-state index contributed by atoms with van der Waals surface area (Å²) < 4.78 is 0. The molecule has 0 saturated carbocycles. The van der Waals surface area contributed by atoms with Crippen LogP contribution in [0.5, 0.6) is 0 Å². The summed E-state index contributed by atoms with van der Waals surface area (Å²) in [7, 11) is 0. The van der Waals surface area contributed by atoms with Crippen LogP contribution in [0.2, 0.25) is 0 Å². The lowest BCUT2D eigenvalue weighted by molar-refractivity contribution is 1.41. The highest BCUT2D eigenvalue weighted by atomic mass is 14.9. The molecule has 0 radical (unpaired) electrons. The van der Waals surface area contributed by atoms with Crippen LogP contribution in [0.1, 0.15) is 0 Å².